The van der Waals surface area contributed by atoms with E-state index in [-0.39, 0.29) is 19.7 Å². The van der Waals surface area contributed by atoms with Crippen molar-refractivity contribution in [1.82, 2.24) is 0 Å². The third kappa shape index (κ3) is 4.99. The molecule has 8 nitrogen and oxygen atoms in total. The highest BCUT2D eigenvalue weighted by molar-refractivity contribution is 7.93. The van der Waals surface area contributed by atoms with Gasteiger partial charge in [0.25, 0.3) is 11.8 Å². The van der Waals surface area contributed by atoms with Crippen LogP contribution in [0, 0.1) is 0 Å². The fourth-order valence-corrected chi connectivity index (χ4v) is 4.71. The van der Waals surface area contributed by atoms with Gasteiger partial charge in [-0.3, -0.25) is 9.59 Å². The van der Waals surface area contributed by atoms with Crippen molar-refractivity contribution in [3.05, 3.63) is 35.9 Å². The Balaban J connectivity index is 2.40. The second-order valence-corrected chi connectivity index (χ2v) is 8.59. The molecule has 4 N–H and O–H groups in total. The van der Waals surface area contributed by atoms with E-state index in [9.17, 15) is 36.3 Å². The van der Waals surface area contributed by atoms with Crippen LogP contribution in [0.25, 0.3) is 0 Å². The zero-order chi connectivity index (χ0) is 21.3. The predicted octanol–water partition coefficient (Wildman–Crippen LogP) is 1.90. The molecule has 0 saturated heterocycles. The highest BCUT2D eigenvalue weighted by Gasteiger charge is 2.31. The van der Waals surface area contributed by atoms with Gasteiger partial charge in [-0.2, -0.15) is 0 Å². The Kier molecular flexibility index (Phi) is 6.01. The average molecular weight is 438 g/mol. The Hall–Kier alpha value is -2.64. The average Bonchev–Trinajstić information content (AvgIpc) is 2.98. The monoisotopic (exact) mass is 438 g/mol. The topological polar surface area (TPSA) is 136 Å². The van der Waals surface area contributed by atoms with Gasteiger partial charge in [0.15, 0.2) is 0 Å². The zero-order valence-corrected chi connectivity index (χ0v) is 15.6. The minimum Gasteiger partial charge on any atom is -0.406 e. The van der Waals surface area contributed by atoms with Gasteiger partial charge in [-0.1, -0.05) is 0 Å². The number of alkyl halides is 3. The SMILES string of the molecule is C[C@@H](O)C(=O)Nc1sc(S(=O)(=O)c2ccc(OC(F)(F)F)cc2)cc1C(N)=O. The Labute approximate surface area is 160 Å². The second-order valence-electron chi connectivity index (χ2n) is 5.36. The molecule has 0 saturated carbocycles. The summed E-state index contributed by atoms with van der Waals surface area (Å²) in [6, 6.07) is 4.36. The summed E-state index contributed by atoms with van der Waals surface area (Å²) >= 11 is 0.506. The van der Waals surface area contributed by atoms with Gasteiger partial charge in [-0.15, -0.1) is 24.5 Å². The molecule has 1 aromatic heterocycles. The third-order valence-electron chi connectivity index (χ3n) is 3.22. The maximum absolute atomic E-state index is 12.7. The van der Waals surface area contributed by atoms with Crippen LogP contribution < -0.4 is 15.8 Å². The summed E-state index contributed by atoms with van der Waals surface area (Å²) in [7, 11) is -4.23. The molecule has 2 amide bonds. The normalized spacial score (nSPS) is 13.0. The van der Waals surface area contributed by atoms with E-state index in [2.05, 4.69) is 10.1 Å². The molecule has 1 aromatic carbocycles. The number of nitrogens with one attached hydrogen (secondary N) is 1. The van der Waals surface area contributed by atoms with Gasteiger partial charge >= 0.3 is 6.36 Å². The maximum atomic E-state index is 12.7. The molecule has 0 unspecified atom stereocenters. The van der Waals surface area contributed by atoms with Crippen LogP contribution in [-0.2, 0) is 14.6 Å². The van der Waals surface area contributed by atoms with Crippen molar-refractivity contribution in [1.29, 1.82) is 0 Å². The molecule has 1 atom stereocenters. The minimum atomic E-state index is -4.93. The highest BCUT2D eigenvalue weighted by atomic mass is 32.2. The molecule has 0 bridgehead atoms. The number of amides is 2. The summed E-state index contributed by atoms with van der Waals surface area (Å²) in [4.78, 5) is 22.8. The first kappa shape index (κ1) is 21.7. The maximum Gasteiger partial charge on any atom is 0.573 e. The number of nitrogens with two attached hydrogens (primary N) is 1. The number of rotatable bonds is 6. The Morgan fingerprint density at radius 2 is 1.82 bits per heavy atom. The molecule has 0 aliphatic carbocycles. The number of thiophene rings is 1. The summed E-state index contributed by atoms with van der Waals surface area (Å²) in [5, 5.41) is 11.2. The van der Waals surface area contributed by atoms with Crippen LogP contribution >= 0.6 is 11.3 Å². The Morgan fingerprint density at radius 3 is 2.29 bits per heavy atom. The molecular weight excluding hydrogens is 425 g/mol. The lowest BCUT2D eigenvalue weighted by Crippen LogP contribution is -2.25. The Morgan fingerprint density at radius 1 is 1.25 bits per heavy atom. The van der Waals surface area contributed by atoms with Crippen LogP contribution in [0.4, 0.5) is 18.2 Å². The predicted molar refractivity (Wildman–Crippen MR) is 91.7 cm³/mol. The summed E-state index contributed by atoms with van der Waals surface area (Å²) in [6.07, 6.45) is -6.36. The van der Waals surface area contributed by atoms with Gasteiger partial charge in [0.05, 0.1) is 10.5 Å². The van der Waals surface area contributed by atoms with Crippen LogP contribution in [0.15, 0.2) is 39.4 Å². The van der Waals surface area contributed by atoms with Crippen molar-refractivity contribution in [3.8, 4) is 5.75 Å². The lowest BCUT2D eigenvalue weighted by molar-refractivity contribution is -0.274. The van der Waals surface area contributed by atoms with E-state index in [1.807, 2.05) is 0 Å². The number of carbonyl (C=O) groups is 2. The van der Waals surface area contributed by atoms with Gasteiger partial charge in [-0.05, 0) is 37.3 Å². The second kappa shape index (κ2) is 7.77. The molecule has 0 radical (unpaired) electrons. The van der Waals surface area contributed by atoms with Crippen LogP contribution in [-0.4, -0.2) is 37.8 Å². The largest absolute Gasteiger partial charge is 0.573 e. The van der Waals surface area contributed by atoms with Gasteiger partial charge in [0, 0.05) is 0 Å². The fourth-order valence-electron chi connectivity index (χ4n) is 1.93. The number of ether oxygens (including phenoxy) is 1. The lowest BCUT2D eigenvalue weighted by atomic mass is 10.3. The van der Waals surface area contributed by atoms with Crippen molar-refractivity contribution in [2.24, 2.45) is 5.73 Å². The van der Waals surface area contributed by atoms with E-state index in [1.54, 1.807) is 0 Å². The first-order valence-corrected chi connectivity index (χ1v) is 9.64. The third-order valence-corrected chi connectivity index (χ3v) is 6.52. The number of halogens is 3. The number of hydrogen-bond donors (Lipinski definition) is 3. The summed E-state index contributed by atoms with van der Waals surface area (Å²) in [6.45, 7) is 1.16. The highest BCUT2D eigenvalue weighted by Crippen LogP contribution is 2.35. The lowest BCUT2D eigenvalue weighted by Gasteiger charge is -2.09. The number of carbonyl (C=O) groups excluding carboxylic acids is 2. The number of aliphatic hydroxyl groups excluding tert-OH is 1. The van der Waals surface area contributed by atoms with Crippen molar-refractivity contribution in [2.75, 3.05) is 5.32 Å². The first-order valence-electron chi connectivity index (χ1n) is 7.34. The number of anilines is 1. The van der Waals surface area contributed by atoms with E-state index in [4.69, 9.17) is 5.73 Å². The van der Waals surface area contributed by atoms with Gasteiger partial charge < -0.3 is 20.9 Å². The Bertz CT molecular complexity index is 998. The van der Waals surface area contributed by atoms with E-state index in [0.717, 1.165) is 37.3 Å². The molecule has 0 aliphatic heterocycles. The molecule has 13 heteroatoms. The van der Waals surface area contributed by atoms with E-state index < -0.39 is 39.9 Å². The minimum absolute atomic E-state index is 0.186. The molecule has 0 fully saturated rings. The summed E-state index contributed by atoms with van der Waals surface area (Å²) in [5.74, 6) is -2.52. The van der Waals surface area contributed by atoms with Crippen molar-refractivity contribution >= 4 is 38.0 Å². The van der Waals surface area contributed by atoms with Crippen LogP contribution in [0.5, 0.6) is 5.75 Å². The van der Waals surface area contributed by atoms with Crippen LogP contribution in [0.1, 0.15) is 17.3 Å². The molecule has 152 valence electrons. The smallest absolute Gasteiger partial charge is 0.406 e. The van der Waals surface area contributed by atoms with E-state index in [0.29, 0.717) is 11.3 Å². The molecule has 2 rings (SSSR count). The van der Waals surface area contributed by atoms with E-state index >= 15 is 0 Å². The van der Waals surface area contributed by atoms with Crippen LogP contribution in [0.2, 0.25) is 0 Å². The molecular formula is C15H13F3N2O6S2. The number of sulfone groups is 1. The van der Waals surface area contributed by atoms with Gasteiger partial charge in [0.2, 0.25) is 9.84 Å². The van der Waals surface area contributed by atoms with Crippen molar-refractivity contribution < 1.29 is 41.0 Å². The quantitative estimate of drug-likeness (QED) is 0.630. The number of aliphatic hydroxyl groups is 1. The molecule has 0 spiro atoms. The molecule has 28 heavy (non-hydrogen) atoms. The van der Waals surface area contributed by atoms with Gasteiger partial charge in [0.1, 0.15) is 21.1 Å². The van der Waals surface area contributed by atoms with Crippen molar-refractivity contribution in [3.63, 3.8) is 0 Å². The standard InChI is InChI=1S/C15H13F3N2O6S2/c1-7(21)13(23)20-14-10(12(19)22)6-11(27-14)28(24,25)9-4-2-8(3-5-9)26-15(16,17)18/h2-7,21H,1H3,(H2,19,22)(H,20,23)/t7-/m1/s1. The first-order chi connectivity index (χ1) is 12.8. The van der Waals surface area contributed by atoms with Gasteiger partial charge in [-0.25, -0.2) is 8.42 Å². The van der Waals surface area contributed by atoms with Crippen LogP contribution in [0.3, 0.4) is 0 Å². The van der Waals surface area contributed by atoms with E-state index in [1.165, 1.54) is 0 Å². The number of hydrogen-bond acceptors (Lipinski definition) is 7. The number of benzene rings is 1. The summed E-state index contributed by atoms with van der Waals surface area (Å²) in [5.41, 5.74) is 4.88. The fraction of sp³-hybridized carbons (Fsp3) is 0.200. The molecule has 1 heterocycles. The number of primary amides is 1. The molecule has 0 aliphatic rings. The summed E-state index contributed by atoms with van der Waals surface area (Å²) < 4.78 is 65.2. The molecule has 2 aromatic rings. The van der Waals surface area contributed by atoms with Crippen molar-refractivity contribution in [2.45, 2.75) is 28.5 Å². The zero-order valence-electron chi connectivity index (χ0n) is 14.0.